The molecular formula is C15H15F7N+. The molecule has 1 rings (SSSR count). The maximum atomic E-state index is 13.2. The second kappa shape index (κ2) is 6.38. The minimum Gasteiger partial charge on any atom is -0.207 e. The molecule has 0 unspecified atom stereocenters. The van der Waals surface area contributed by atoms with Crippen LogP contribution in [0.15, 0.2) is 12.1 Å². The summed E-state index contributed by atoms with van der Waals surface area (Å²) in [7, 11) is 0. The molecule has 0 aliphatic rings. The molecule has 1 aromatic carbocycles. The number of hydrogen-bond acceptors (Lipinski definition) is 0. The molecule has 8 heteroatoms. The van der Waals surface area contributed by atoms with Crippen LogP contribution in [0.3, 0.4) is 0 Å². The van der Waals surface area contributed by atoms with Crippen LogP contribution in [0.5, 0.6) is 0 Å². The molecule has 0 N–H and O–H groups in total. The third-order valence-corrected chi connectivity index (χ3v) is 3.68. The van der Waals surface area contributed by atoms with Gasteiger partial charge < -0.3 is 0 Å². The van der Waals surface area contributed by atoms with Gasteiger partial charge in [0.25, 0.3) is 6.07 Å². The normalized spacial score (nSPS) is 12.8. The van der Waals surface area contributed by atoms with Crippen LogP contribution in [0.25, 0.3) is 4.85 Å². The Balaban J connectivity index is 3.71. The zero-order chi connectivity index (χ0) is 18.1. The van der Waals surface area contributed by atoms with E-state index in [1.807, 2.05) is 0 Å². The van der Waals surface area contributed by atoms with E-state index in [1.54, 1.807) is 20.8 Å². The first kappa shape index (κ1) is 19.3. The van der Waals surface area contributed by atoms with Gasteiger partial charge >= 0.3 is 18.0 Å². The minimum atomic E-state index is -5.17. The predicted molar refractivity (Wildman–Crippen MR) is 72.0 cm³/mol. The highest BCUT2D eigenvalue weighted by Gasteiger charge is 2.47. The van der Waals surface area contributed by atoms with Gasteiger partial charge in [-0.3, -0.25) is 0 Å². The molecule has 0 radical (unpaired) electrons. The van der Waals surface area contributed by atoms with Crippen LogP contribution in [0.2, 0.25) is 0 Å². The Morgan fingerprint density at radius 2 is 1.30 bits per heavy atom. The van der Waals surface area contributed by atoms with E-state index in [9.17, 15) is 30.7 Å². The Morgan fingerprint density at radius 1 is 0.913 bits per heavy atom. The molecule has 0 heterocycles. The average molecular weight is 342 g/mol. The van der Waals surface area contributed by atoms with Gasteiger partial charge in [0.15, 0.2) is 11.1 Å². The van der Waals surface area contributed by atoms with Gasteiger partial charge in [0.05, 0.1) is 0 Å². The van der Waals surface area contributed by atoms with E-state index in [-0.39, 0.29) is 12.1 Å². The van der Waals surface area contributed by atoms with Crippen LogP contribution in [0, 0.1) is 17.3 Å². The SMILES string of the molecule is CCC(C)(C#[N+]c1c(C(F)(F)F)cc(F)cc1C(F)(F)F)CC. The molecule has 0 aromatic heterocycles. The molecule has 0 saturated carbocycles. The van der Waals surface area contributed by atoms with Gasteiger partial charge in [-0.2, -0.15) is 26.3 Å². The zero-order valence-electron chi connectivity index (χ0n) is 12.7. The van der Waals surface area contributed by atoms with E-state index in [4.69, 9.17) is 0 Å². The number of alkyl halides is 6. The van der Waals surface area contributed by atoms with Crippen molar-refractivity contribution in [2.24, 2.45) is 5.41 Å². The number of nitrogens with zero attached hydrogens (tertiary/aromatic N) is 1. The van der Waals surface area contributed by atoms with Crippen LogP contribution in [0.1, 0.15) is 44.7 Å². The van der Waals surface area contributed by atoms with Gasteiger partial charge in [0.1, 0.15) is 11.2 Å². The lowest BCUT2D eigenvalue weighted by Gasteiger charge is -2.12. The fourth-order valence-corrected chi connectivity index (χ4v) is 1.75. The summed E-state index contributed by atoms with van der Waals surface area (Å²) >= 11 is 0. The fraction of sp³-hybridized carbons (Fsp3) is 0.533. The first-order chi connectivity index (χ1) is 10.3. The molecular weight excluding hydrogens is 327 g/mol. The maximum absolute atomic E-state index is 13.2. The zero-order valence-corrected chi connectivity index (χ0v) is 12.7. The molecule has 1 aromatic rings. The molecule has 0 spiro atoms. The standard InChI is InChI=1S/C15H15F7N/c1-4-13(3,5-2)8-23-12-10(14(17,18)19)6-9(16)7-11(12)15(20,21)22/h6-7H,4-5H2,1-3H3/q+1. The summed E-state index contributed by atoms with van der Waals surface area (Å²) in [5, 5.41) is 0. The summed E-state index contributed by atoms with van der Waals surface area (Å²) in [6.45, 7) is 5.04. The molecule has 1 nitrogen and oxygen atoms in total. The van der Waals surface area contributed by atoms with Crippen LogP contribution >= 0.6 is 0 Å². The summed E-state index contributed by atoms with van der Waals surface area (Å²) in [5.74, 6) is -1.63. The third-order valence-electron chi connectivity index (χ3n) is 3.68. The molecule has 0 aliphatic carbocycles. The van der Waals surface area contributed by atoms with E-state index in [0.29, 0.717) is 12.8 Å². The monoisotopic (exact) mass is 342 g/mol. The van der Waals surface area contributed by atoms with Crippen molar-refractivity contribution in [2.45, 2.75) is 46.0 Å². The summed E-state index contributed by atoms with van der Waals surface area (Å²) in [5.41, 5.74) is -5.68. The van der Waals surface area contributed by atoms with Crippen LogP contribution in [-0.4, -0.2) is 0 Å². The van der Waals surface area contributed by atoms with E-state index >= 15 is 0 Å². The van der Waals surface area contributed by atoms with Gasteiger partial charge in [0, 0.05) is 0 Å². The van der Waals surface area contributed by atoms with Crippen molar-refractivity contribution in [1.29, 1.82) is 0 Å². The van der Waals surface area contributed by atoms with Crippen LogP contribution in [0.4, 0.5) is 36.4 Å². The summed E-state index contributed by atoms with van der Waals surface area (Å²) < 4.78 is 91.0. The molecule has 128 valence electrons. The Bertz CT molecular complexity index is 593. The third kappa shape index (κ3) is 4.60. The van der Waals surface area contributed by atoms with Crippen molar-refractivity contribution in [1.82, 2.24) is 0 Å². The number of hydrogen-bond donors (Lipinski definition) is 0. The second-order valence-corrected chi connectivity index (χ2v) is 5.34. The van der Waals surface area contributed by atoms with Crippen molar-refractivity contribution >= 4 is 5.69 Å². The molecule has 0 amide bonds. The molecule has 0 saturated heterocycles. The molecule has 0 atom stereocenters. The summed E-state index contributed by atoms with van der Waals surface area (Å²) in [6, 6.07) is 2.37. The van der Waals surface area contributed by atoms with E-state index < -0.39 is 40.4 Å². The van der Waals surface area contributed by atoms with Gasteiger partial charge in [0.2, 0.25) is 0 Å². The van der Waals surface area contributed by atoms with Gasteiger partial charge in [-0.1, -0.05) is 13.8 Å². The Labute approximate surface area is 128 Å². The van der Waals surface area contributed by atoms with Gasteiger partial charge in [-0.15, -0.1) is 0 Å². The second-order valence-electron chi connectivity index (χ2n) is 5.34. The average Bonchev–Trinajstić information content (AvgIpc) is 2.42. The lowest BCUT2D eigenvalue weighted by Crippen LogP contribution is -2.13. The summed E-state index contributed by atoms with van der Waals surface area (Å²) in [4.78, 5) is 3.34. The maximum Gasteiger partial charge on any atom is 0.424 e. The quantitative estimate of drug-likeness (QED) is 0.530. The highest BCUT2D eigenvalue weighted by Crippen LogP contribution is 2.45. The molecule has 0 bridgehead atoms. The molecule has 0 fully saturated rings. The highest BCUT2D eigenvalue weighted by atomic mass is 19.4. The Morgan fingerprint density at radius 3 is 1.61 bits per heavy atom. The van der Waals surface area contributed by atoms with Crippen molar-refractivity contribution < 1.29 is 30.7 Å². The van der Waals surface area contributed by atoms with Crippen molar-refractivity contribution in [2.75, 3.05) is 0 Å². The van der Waals surface area contributed by atoms with Crippen molar-refractivity contribution in [3.8, 4) is 6.07 Å². The van der Waals surface area contributed by atoms with E-state index in [1.165, 1.54) is 0 Å². The first-order valence-electron chi connectivity index (χ1n) is 6.80. The largest absolute Gasteiger partial charge is 0.424 e. The number of rotatable bonds is 2. The topological polar surface area (TPSA) is 4.36 Å². The smallest absolute Gasteiger partial charge is 0.207 e. The van der Waals surface area contributed by atoms with E-state index in [2.05, 4.69) is 10.9 Å². The van der Waals surface area contributed by atoms with Crippen LogP contribution in [-0.2, 0) is 12.4 Å². The lowest BCUT2D eigenvalue weighted by atomic mass is 9.87. The fourth-order valence-electron chi connectivity index (χ4n) is 1.75. The predicted octanol–water partition coefficient (Wildman–Crippen LogP) is 6.65. The Kier molecular flexibility index (Phi) is 5.34. The molecule has 0 aliphatic heterocycles. The van der Waals surface area contributed by atoms with Crippen molar-refractivity contribution in [3.05, 3.63) is 33.9 Å². The van der Waals surface area contributed by atoms with Gasteiger partial charge in [-0.05, 0) is 36.7 Å². The van der Waals surface area contributed by atoms with Gasteiger partial charge in [-0.25, -0.2) is 4.39 Å². The molecule has 23 heavy (non-hydrogen) atoms. The number of benzene rings is 1. The Hall–Kier alpha value is -1.78. The summed E-state index contributed by atoms with van der Waals surface area (Å²) in [6.07, 6.45) is -9.48. The van der Waals surface area contributed by atoms with E-state index in [0.717, 1.165) is 0 Å². The minimum absolute atomic E-state index is 0.00495. The van der Waals surface area contributed by atoms with Crippen molar-refractivity contribution in [3.63, 3.8) is 0 Å². The lowest BCUT2D eigenvalue weighted by molar-refractivity contribution is -0.141. The number of halogens is 7. The first-order valence-corrected chi connectivity index (χ1v) is 6.80. The van der Waals surface area contributed by atoms with Crippen LogP contribution < -0.4 is 0 Å². The highest BCUT2D eigenvalue weighted by molar-refractivity contribution is 5.62.